The van der Waals surface area contributed by atoms with E-state index in [-0.39, 0.29) is 17.4 Å². The third kappa shape index (κ3) is 11.6. The number of hydrogen-bond donors (Lipinski definition) is 2. The Labute approximate surface area is 378 Å². The number of carbonyl (C=O) groups is 2. The number of hydrogen-bond acceptors (Lipinski definition) is 7. The maximum absolute atomic E-state index is 15.2. The molecule has 2 aliphatic rings. The van der Waals surface area contributed by atoms with Gasteiger partial charge in [0, 0.05) is 11.8 Å². The molecule has 2 aliphatic carbocycles. The van der Waals surface area contributed by atoms with Crippen LogP contribution in [-0.2, 0) is 35.8 Å². The van der Waals surface area contributed by atoms with Crippen molar-refractivity contribution >= 4 is 33.6 Å². The molecule has 2 amide bonds. The van der Waals surface area contributed by atoms with Gasteiger partial charge in [-0.15, -0.1) is 0 Å². The first kappa shape index (κ1) is 46.1. The van der Waals surface area contributed by atoms with Crippen molar-refractivity contribution in [1.82, 2.24) is 15.1 Å². The van der Waals surface area contributed by atoms with Crippen molar-refractivity contribution < 1.29 is 27.6 Å². The van der Waals surface area contributed by atoms with Crippen LogP contribution in [0.3, 0.4) is 0 Å². The highest BCUT2D eigenvalue weighted by atomic mass is 32.2. The Morgan fingerprint density at radius 2 is 1.16 bits per heavy atom. The molecule has 332 valence electrons. The topological polar surface area (TPSA) is 114 Å². The zero-order valence-corrected chi connectivity index (χ0v) is 37.9. The summed E-state index contributed by atoms with van der Waals surface area (Å²) in [5.74, 6) is 1.17. The smallest absolute Gasteiger partial charge is 0.262 e. The van der Waals surface area contributed by atoms with Gasteiger partial charge in [0.2, 0.25) is 15.9 Å². The van der Waals surface area contributed by atoms with Crippen molar-refractivity contribution in [2.45, 2.75) is 99.0 Å². The Morgan fingerprint density at radius 1 is 0.683 bits per heavy atom. The lowest BCUT2D eigenvalue weighted by Gasteiger charge is -2.39. The number of nitrogens with zero attached hydrogens (tertiary/aromatic N) is 1. The SMILES string of the molecule is COc1ccc(S(=O)(=O)N(CC(=O)NC(C2CCCCC2)C2CCCCC2)C(CCSCc2ccccc2)C(=O)NOC(c2ccccc2)(c2ccccc2)c2ccccc2)cc1. The molecular weight excluding hydrogens is 827 g/mol. The molecule has 0 spiro atoms. The monoisotopic (exact) mass is 887 g/mol. The summed E-state index contributed by atoms with van der Waals surface area (Å²) in [4.78, 5) is 36.5. The molecule has 63 heavy (non-hydrogen) atoms. The van der Waals surface area contributed by atoms with Crippen LogP contribution < -0.4 is 15.5 Å². The van der Waals surface area contributed by atoms with Crippen LogP contribution in [0.25, 0.3) is 0 Å². The molecule has 1 unspecified atom stereocenters. The average molecular weight is 888 g/mol. The van der Waals surface area contributed by atoms with E-state index in [1.807, 2.05) is 121 Å². The van der Waals surface area contributed by atoms with Crippen LogP contribution in [0.15, 0.2) is 150 Å². The van der Waals surface area contributed by atoms with Crippen molar-refractivity contribution in [2.24, 2.45) is 11.8 Å². The van der Waals surface area contributed by atoms with Crippen LogP contribution >= 0.6 is 11.8 Å². The molecule has 5 aromatic rings. The number of nitrogens with one attached hydrogen (secondary N) is 2. The second-order valence-corrected chi connectivity index (χ2v) is 19.8. The number of thioether (sulfide) groups is 1. The number of carbonyl (C=O) groups excluding carboxylic acids is 2. The van der Waals surface area contributed by atoms with Crippen LogP contribution in [0.4, 0.5) is 0 Å². The number of benzene rings is 5. The Balaban J connectivity index is 1.26. The molecule has 0 radical (unpaired) electrons. The van der Waals surface area contributed by atoms with E-state index >= 15 is 13.2 Å². The number of amides is 2. The summed E-state index contributed by atoms with van der Waals surface area (Å²) in [5.41, 5.74) is 4.88. The summed E-state index contributed by atoms with van der Waals surface area (Å²) in [5, 5.41) is 3.40. The van der Waals surface area contributed by atoms with Crippen LogP contribution in [0.5, 0.6) is 5.75 Å². The predicted molar refractivity (Wildman–Crippen MR) is 251 cm³/mol. The first-order valence-corrected chi connectivity index (χ1v) is 25.1. The van der Waals surface area contributed by atoms with Gasteiger partial charge in [0.1, 0.15) is 11.8 Å². The van der Waals surface area contributed by atoms with E-state index in [1.165, 1.54) is 32.1 Å². The molecule has 11 heteroatoms. The minimum absolute atomic E-state index is 0.0462. The van der Waals surface area contributed by atoms with Gasteiger partial charge < -0.3 is 10.1 Å². The summed E-state index contributed by atoms with van der Waals surface area (Å²) in [7, 11) is -2.94. The molecule has 2 saturated carbocycles. The molecule has 5 aromatic carbocycles. The van der Waals surface area contributed by atoms with Crippen molar-refractivity contribution in [2.75, 3.05) is 19.4 Å². The zero-order chi connectivity index (χ0) is 43.9. The molecule has 2 N–H and O–H groups in total. The quantitative estimate of drug-likeness (QED) is 0.0455. The van der Waals surface area contributed by atoms with Crippen LogP contribution in [-0.4, -0.2) is 56.0 Å². The lowest BCUT2D eigenvalue weighted by atomic mass is 9.74. The van der Waals surface area contributed by atoms with Gasteiger partial charge in [-0.3, -0.25) is 14.4 Å². The van der Waals surface area contributed by atoms with E-state index in [9.17, 15) is 4.79 Å². The summed E-state index contributed by atoms with van der Waals surface area (Å²) in [6.45, 7) is -0.535. The molecule has 0 bridgehead atoms. The Bertz CT molecular complexity index is 2160. The van der Waals surface area contributed by atoms with Gasteiger partial charge >= 0.3 is 0 Å². The number of methoxy groups -OCH3 is 1. The number of rotatable bonds is 20. The number of ether oxygens (including phenoxy) is 1. The maximum Gasteiger partial charge on any atom is 0.262 e. The van der Waals surface area contributed by atoms with E-state index in [4.69, 9.17) is 9.57 Å². The van der Waals surface area contributed by atoms with Crippen LogP contribution in [0, 0.1) is 11.8 Å². The van der Waals surface area contributed by atoms with Crippen molar-refractivity contribution in [3.8, 4) is 5.75 Å². The molecule has 0 aromatic heterocycles. The van der Waals surface area contributed by atoms with Gasteiger partial charge in [-0.1, -0.05) is 160 Å². The van der Waals surface area contributed by atoms with E-state index in [1.54, 1.807) is 23.9 Å². The highest BCUT2D eigenvalue weighted by molar-refractivity contribution is 7.98. The molecule has 9 nitrogen and oxygen atoms in total. The van der Waals surface area contributed by atoms with Gasteiger partial charge in [0.25, 0.3) is 5.91 Å². The standard InChI is InChI=1S/C52H61N3O6S2/c1-60-46-32-34-47(35-33-46)63(58,59)55(38-49(56)53-50(41-22-10-3-11-23-41)42-24-12-4-13-25-42)48(36-37-62-39-40-20-8-2-9-21-40)51(57)54-61-52(43-26-14-5-15-27-43,44-28-16-6-17-29-44)45-30-18-7-19-31-45/h2,5-9,14-21,26-35,41-42,48,50H,3-4,10-13,22-25,36-39H2,1H3,(H,53,56)(H,54,57). The molecule has 2 fully saturated rings. The van der Waals surface area contributed by atoms with E-state index in [2.05, 4.69) is 10.8 Å². The van der Waals surface area contributed by atoms with E-state index in [0.717, 1.165) is 77.9 Å². The van der Waals surface area contributed by atoms with Crippen molar-refractivity contribution in [3.63, 3.8) is 0 Å². The fraction of sp³-hybridized carbons (Fsp3) is 0.385. The third-order valence-electron chi connectivity index (χ3n) is 12.8. The summed E-state index contributed by atoms with van der Waals surface area (Å²) < 4.78 is 36.7. The number of sulfonamides is 1. The van der Waals surface area contributed by atoms with Gasteiger partial charge in [-0.25, -0.2) is 13.9 Å². The van der Waals surface area contributed by atoms with Crippen molar-refractivity contribution in [3.05, 3.63) is 168 Å². The molecule has 0 aliphatic heterocycles. The summed E-state index contributed by atoms with van der Waals surface area (Å²) >= 11 is 1.60. The fourth-order valence-electron chi connectivity index (χ4n) is 9.48. The molecule has 1 atom stereocenters. The second-order valence-electron chi connectivity index (χ2n) is 16.8. The van der Waals surface area contributed by atoms with E-state index in [0.29, 0.717) is 29.1 Å². The lowest BCUT2D eigenvalue weighted by Crippen LogP contribution is -2.56. The van der Waals surface area contributed by atoms with Gasteiger partial charge in [-0.05, 0) is 96.2 Å². The molecular formula is C52H61N3O6S2. The Hall–Kier alpha value is -4.94. The van der Waals surface area contributed by atoms with Crippen LogP contribution in [0.1, 0.15) is 92.9 Å². The lowest BCUT2D eigenvalue weighted by molar-refractivity contribution is -0.147. The largest absolute Gasteiger partial charge is 0.497 e. The summed E-state index contributed by atoms with van der Waals surface area (Å²) in [6, 6.07) is 43.7. The highest BCUT2D eigenvalue weighted by Gasteiger charge is 2.43. The zero-order valence-electron chi connectivity index (χ0n) is 36.3. The van der Waals surface area contributed by atoms with Crippen LogP contribution in [0.2, 0.25) is 0 Å². The average Bonchev–Trinajstić information content (AvgIpc) is 3.34. The molecule has 7 rings (SSSR count). The van der Waals surface area contributed by atoms with Gasteiger partial charge in [0.15, 0.2) is 5.60 Å². The maximum atomic E-state index is 15.2. The predicted octanol–water partition coefficient (Wildman–Crippen LogP) is 10.1. The van der Waals surface area contributed by atoms with E-state index < -0.39 is 40.0 Å². The Morgan fingerprint density at radius 3 is 1.63 bits per heavy atom. The highest BCUT2D eigenvalue weighted by Crippen LogP contribution is 2.40. The summed E-state index contributed by atoms with van der Waals surface area (Å²) in [6.07, 6.45) is 11.2. The molecule has 0 saturated heterocycles. The Kier molecular flexibility index (Phi) is 16.5. The minimum Gasteiger partial charge on any atom is -0.497 e. The first-order chi connectivity index (χ1) is 30.8. The van der Waals surface area contributed by atoms with Gasteiger partial charge in [0.05, 0.1) is 18.6 Å². The third-order valence-corrected chi connectivity index (χ3v) is 15.7. The second kappa shape index (κ2) is 22.6. The van der Waals surface area contributed by atoms with Crippen molar-refractivity contribution in [1.29, 1.82) is 0 Å². The van der Waals surface area contributed by atoms with Gasteiger partial charge in [-0.2, -0.15) is 16.1 Å². The normalized spacial score (nSPS) is 15.8. The first-order valence-electron chi connectivity index (χ1n) is 22.5. The minimum atomic E-state index is -4.46. The number of hydroxylamine groups is 1. The molecule has 0 heterocycles. The fourth-order valence-corrected chi connectivity index (χ4v) is 12.0.